The van der Waals surface area contributed by atoms with Crippen LogP contribution < -0.4 is 10.6 Å². The Hall–Kier alpha value is -3.06. The highest BCUT2D eigenvalue weighted by molar-refractivity contribution is 5.97. The van der Waals surface area contributed by atoms with Crippen molar-refractivity contribution >= 4 is 5.91 Å². The zero-order chi connectivity index (χ0) is 18.6. The normalized spacial score (nSPS) is 11.0. The van der Waals surface area contributed by atoms with Gasteiger partial charge in [0.2, 0.25) is 0 Å². The zero-order valence-corrected chi connectivity index (χ0v) is 15.1. The molecule has 2 N–H and O–H groups in total. The van der Waals surface area contributed by atoms with Gasteiger partial charge in [-0.15, -0.1) is 0 Å². The minimum absolute atomic E-state index is 0.0818. The Labute approximate surface area is 155 Å². The van der Waals surface area contributed by atoms with Crippen LogP contribution in [-0.4, -0.2) is 12.5 Å². The van der Waals surface area contributed by atoms with Crippen LogP contribution in [0.3, 0.4) is 0 Å². The lowest BCUT2D eigenvalue weighted by atomic mass is 9.98. The van der Waals surface area contributed by atoms with Gasteiger partial charge in [-0.2, -0.15) is 5.26 Å². The van der Waals surface area contributed by atoms with Crippen molar-refractivity contribution in [1.82, 2.24) is 10.6 Å². The van der Waals surface area contributed by atoms with E-state index < -0.39 is 0 Å². The maximum absolute atomic E-state index is 12.6. The molecule has 0 unspecified atom stereocenters. The van der Waals surface area contributed by atoms with E-state index in [1.54, 1.807) is 0 Å². The second-order valence-corrected chi connectivity index (χ2v) is 6.06. The topological polar surface area (TPSA) is 64.9 Å². The summed E-state index contributed by atoms with van der Waals surface area (Å²) in [6.07, 6.45) is 4.79. The van der Waals surface area contributed by atoms with Crippen LogP contribution in [0.4, 0.5) is 0 Å². The van der Waals surface area contributed by atoms with Crippen molar-refractivity contribution in [2.75, 3.05) is 6.54 Å². The van der Waals surface area contributed by atoms with Crippen molar-refractivity contribution in [2.24, 2.45) is 0 Å². The summed E-state index contributed by atoms with van der Waals surface area (Å²) >= 11 is 0. The van der Waals surface area contributed by atoms with Crippen LogP contribution in [0.25, 0.3) is 0 Å². The summed E-state index contributed by atoms with van der Waals surface area (Å²) in [5.41, 5.74) is 2.03. The Balaban J connectivity index is 2.13. The van der Waals surface area contributed by atoms with Crippen molar-refractivity contribution in [3.05, 3.63) is 83.6 Å². The quantitative estimate of drug-likeness (QED) is 0.408. The van der Waals surface area contributed by atoms with Crippen LogP contribution in [0.1, 0.15) is 43.4 Å². The van der Waals surface area contributed by atoms with Gasteiger partial charge in [0.1, 0.15) is 11.6 Å². The molecule has 2 rings (SSSR count). The van der Waals surface area contributed by atoms with E-state index in [0.29, 0.717) is 0 Å². The van der Waals surface area contributed by atoms with Crippen LogP contribution in [0.5, 0.6) is 0 Å². The summed E-state index contributed by atoms with van der Waals surface area (Å²) in [4.78, 5) is 12.6. The van der Waals surface area contributed by atoms with Gasteiger partial charge in [0.25, 0.3) is 5.91 Å². The van der Waals surface area contributed by atoms with Gasteiger partial charge in [0.05, 0.1) is 6.04 Å². The van der Waals surface area contributed by atoms with E-state index in [4.69, 9.17) is 0 Å². The molecular weight excluding hydrogens is 322 g/mol. The zero-order valence-electron chi connectivity index (χ0n) is 15.1. The third kappa shape index (κ3) is 5.78. The lowest BCUT2D eigenvalue weighted by molar-refractivity contribution is -0.117. The SMILES string of the molecule is CCCCCN/C=C(/C#N)C(=O)NC(c1ccccc1)c1ccccc1. The molecule has 0 bridgehead atoms. The molecule has 0 aliphatic rings. The van der Waals surface area contributed by atoms with Gasteiger partial charge in [0, 0.05) is 12.7 Å². The fourth-order valence-corrected chi connectivity index (χ4v) is 2.66. The number of unbranched alkanes of at least 4 members (excludes halogenated alkanes) is 2. The van der Waals surface area contributed by atoms with Crippen molar-refractivity contribution in [1.29, 1.82) is 5.26 Å². The van der Waals surface area contributed by atoms with E-state index in [1.807, 2.05) is 66.7 Å². The van der Waals surface area contributed by atoms with Crippen LogP contribution in [-0.2, 0) is 4.79 Å². The molecule has 0 heterocycles. The first kappa shape index (κ1) is 19.3. The van der Waals surface area contributed by atoms with E-state index in [2.05, 4.69) is 17.6 Å². The highest BCUT2D eigenvalue weighted by Gasteiger charge is 2.18. The molecule has 1 amide bonds. The Morgan fingerprint density at radius 1 is 1.04 bits per heavy atom. The number of rotatable bonds is 9. The van der Waals surface area contributed by atoms with Gasteiger partial charge in [-0.3, -0.25) is 4.79 Å². The van der Waals surface area contributed by atoms with Crippen LogP contribution in [0.2, 0.25) is 0 Å². The van der Waals surface area contributed by atoms with E-state index in [1.165, 1.54) is 6.20 Å². The van der Waals surface area contributed by atoms with Gasteiger partial charge in [-0.25, -0.2) is 0 Å². The molecule has 0 atom stereocenters. The fraction of sp³-hybridized carbons (Fsp3) is 0.273. The largest absolute Gasteiger partial charge is 0.390 e. The maximum Gasteiger partial charge on any atom is 0.264 e. The van der Waals surface area contributed by atoms with Gasteiger partial charge in [0.15, 0.2) is 0 Å². The van der Waals surface area contributed by atoms with Crippen LogP contribution >= 0.6 is 0 Å². The predicted octanol–water partition coefficient (Wildman–Crippen LogP) is 4.08. The Morgan fingerprint density at radius 2 is 1.62 bits per heavy atom. The van der Waals surface area contributed by atoms with E-state index in [9.17, 15) is 10.1 Å². The van der Waals surface area contributed by atoms with E-state index in [-0.39, 0.29) is 17.5 Å². The number of amides is 1. The molecule has 0 spiro atoms. The van der Waals surface area contributed by atoms with Gasteiger partial charge < -0.3 is 10.6 Å². The first-order valence-corrected chi connectivity index (χ1v) is 9.00. The minimum Gasteiger partial charge on any atom is -0.390 e. The standard InChI is InChI=1S/C22H25N3O/c1-2-3-10-15-24-17-20(16-23)22(26)25-21(18-11-6-4-7-12-18)19-13-8-5-9-14-19/h4-9,11-14,17,21,24H,2-3,10,15H2,1H3,(H,25,26)/b20-17-. The molecule has 134 valence electrons. The summed E-state index contributed by atoms with van der Waals surface area (Å²) in [6.45, 7) is 2.89. The van der Waals surface area contributed by atoms with Gasteiger partial charge in [-0.05, 0) is 17.5 Å². The molecule has 0 aromatic heterocycles. The molecule has 0 radical (unpaired) electrons. The molecule has 0 saturated heterocycles. The third-order valence-electron chi connectivity index (χ3n) is 4.08. The average Bonchev–Trinajstić information content (AvgIpc) is 2.70. The molecule has 0 saturated carbocycles. The third-order valence-corrected chi connectivity index (χ3v) is 4.08. The Morgan fingerprint density at radius 3 is 2.12 bits per heavy atom. The Kier molecular flexibility index (Phi) is 7.95. The second kappa shape index (κ2) is 10.7. The number of nitrogens with one attached hydrogen (secondary N) is 2. The minimum atomic E-state index is -0.381. The highest BCUT2D eigenvalue weighted by atomic mass is 16.1. The van der Waals surface area contributed by atoms with E-state index in [0.717, 1.165) is 36.9 Å². The summed E-state index contributed by atoms with van der Waals surface area (Å²) in [6, 6.07) is 21.2. The molecule has 4 heteroatoms. The number of benzene rings is 2. The second-order valence-electron chi connectivity index (χ2n) is 6.06. The first-order chi connectivity index (χ1) is 12.8. The summed E-state index contributed by atoms with van der Waals surface area (Å²) in [5.74, 6) is -0.381. The number of nitriles is 1. The Bertz CT molecular complexity index is 708. The summed E-state index contributed by atoms with van der Waals surface area (Å²) in [7, 11) is 0. The monoisotopic (exact) mass is 347 g/mol. The molecule has 0 fully saturated rings. The lowest BCUT2D eigenvalue weighted by Gasteiger charge is -2.19. The number of hydrogen-bond acceptors (Lipinski definition) is 3. The highest BCUT2D eigenvalue weighted by Crippen LogP contribution is 2.22. The number of hydrogen-bond donors (Lipinski definition) is 2. The molecule has 26 heavy (non-hydrogen) atoms. The molecular formula is C22H25N3O. The number of nitrogens with zero attached hydrogens (tertiary/aromatic N) is 1. The average molecular weight is 347 g/mol. The van der Waals surface area contributed by atoms with Crippen molar-refractivity contribution in [3.8, 4) is 6.07 Å². The molecule has 2 aromatic carbocycles. The van der Waals surface area contributed by atoms with Gasteiger partial charge in [-0.1, -0.05) is 80.4 Å². The number of carbonyl (C=O) groups is 1. The summed E-state index contributed by atoms with van der Waals surface area (Å²) < 4.78 is 0. The first-order valence-electron chi connectivity index (χ1n) is 9.00. The summed E-state index contributed by atoms with van der Waals surface area (Å²) in [5, 5.41) is 15.4. The van der Waals surface area contributed by atoms with E-state index >= 15 is 0 Å². The number of carbonyl (C=O) groups excluding carboxylic acids is 1. The fourth-order valence-electron chi connectivity index (χ4n) is 2.66. The molecule has 2 aromatic rings. The van der Waals surface area contributed by atoms with Crippen molar-refractivity contribution < 1.29 is 4.79 Å². The van der Waals surface area contributed by atoms with Crippen LogP contribution in [0, 0.1) is 11.3 Å². The molecule has 0 aliphatic carbocycles. The molecule has 0 aliphatic heterocycles. The smallest absolute Gasteiger partial charge is 0.264 e. The van der Waals surface area contributed by atoms with Crippen molar-refractivity contribution in [2.45, 2.75) is 32.2 Å². The predicted molar refractivity (Wildman–Crippen MR) is 104 cm³/mol. The van der Waals surface area contributed by atoms with Gasteiger partial charge >= 0.3 is 0 Å². The molecule has 4 nitrogen and oxygen atoms in total. The van der Waals surface area contributed by atoms with Crippen molar-refractivity contribution in [3.63, 3.8) is 0 Å². The van der Waals surface area contributed by atoms with Crippen LogP contribution in [0.15, 0.2) is 72.4 Å². The lowest BCUT2D eigenvalue weighted by Crippen LogP contribution is -2.31. The maximum atomic E-state index is 12.6.